The molecule has 1 aliphatic rings. The number of fused-ring (bicyclic) bond motifs is 1. The van der Waals surface area contributed by atoms with E-state index >= 15 is 0 Å². The lowest BCUT2D eigenvalue weighted by atomic mass is 9.85. The van der Waals surface area contributed by atoms with Gasteiger partial charge >= 0.3 is 5.97 Å². The Labute approximate surface area is 255 Å². The molecule has 6 atom stereocenters. The molecule has 0 saturated carbocycles. The van der Waals surface area contributed by atoms with Gasteiger partial charge in [0.05, 0.1) is 0 Å². The standard InChI is InChI=1S/C33H58O7P2/c1-23(2)12-9-13-24(3)14-10-15-25(4)16-11-20-33(7)21-19-28-27(6)32(26(5)22-29(28)40-33)39-30(34)17-18-31(41(35)36)42(8,37)38/h22-25,31,41H,9-21H2,1-8H3,(H,35,36)(H,37,38). The Hall–Kier alpha value is -1.13. The monoisotopic (exact) mass is 628 g/mol. The Morgan fingerprint density at radius 2 is 1.62 bits per heavy atom. The van der Waals surface area contributed by atoms with Crippen molar-refractivity contribution in [2.45, 2.75) is 143 Å². The average molecular weight is 629 g/mol. The highest BCUT2D eigenvalue weighted by Crippen LogP contribution is 2.54. The maximum atomic E-state index is 12.6. The predicted molar refractivity (Wildman–Crippen MR) is 174 cm³/mol. The zero-order valence-electron chi connectivity index (χ0n) is 27.5. The van der Waals surface area contributed by atoms with E-state index in [9.17, 15) is 23.7 Å². The van der Waals surface area contributed by atoms with Crippen molar-refractivity contribution in [3.05, 3.63) is 22.8 Å². The summed E-state index contributed by atoms with van der Waals surface area (Å²) >= 11 is 0. The Kier molecular flexibility index (Phi) is 14.8. The minimum Gasteiger partial charge on any atom is -0.487 e. The first-order valence-corrected chi connectivity index (χ1v) is 19.7. The highest BCUT2D eigenvalue weighted by atomic mass is 31.2. The van der Waals surface area contributed by atoms with Gasteiger partial charge in [-0.15, -0.1) is 0 Å². The molecule has 0 amide bonds. The van der Waals surface area contributed by atoms with E-state index in [0.717, 1.165) is 72.5 Å². The molecule has 0 spiro atoms. The molecule has 0 fully saturated rings. The van der Waals surface area contributed by atoms with Crippen LogP contribution in [-0.4, -0.2) is 33.4 Å². The first-order chi connectivity index (χ1) is 19.5. The number of hydrogen-bond donors (Lipinski definition) is 2. The van der Waals surface area contributed by atoms with Crippen molar-refractivity contribution in [2.75, 3.05) is 6.66 Å². The minimum absolute atomic E-state index is 0.169. The van der Waals surface area contributed by atoms with Crippen LogP contribution in [-0.2, 0) is 20.3 Å². The summed E-state index contributed by atoms with van der Waals surface area (Å²) in [6, 6.07) is 1.94. The first-order valence-electron chi connectivity index (χ1n) is 16.1. The summed E-state index contributed by atoms with van der Waals surface area (Å²) in [6.07, 6.45) is 12.7. The summed E-state index contributed by atoms with van der Waals surface area (Å²) in [5.74, 6) is 3.11. The van der Waals surface area contributed by atoms with Gasteiger partial charge in [-0.05, 0) is 87.8 Å². The van der Waals surface area contributed by atoms with E-state index in [2.05, 4.69) is 34.6 Å². The molecule has 1 aliphatic heterocycles. The smallest absolute Gasteiger partial charge is 0.311 e. The normalized spacial score (nSPS) is 21.1. The summed E-state index contributed by atoms with van der Waals surface area (Å²) in [6.45, 7) is 16.5. The number of carbonyl (C=O) groups is 1. The molecule has 0 saturated heterocycles. The van der Waals surface area contributed by atoms with Crippen LogP contribution in [0.4, 0.5) is 0 Å². The molecule has 6 unspecified atom stereocenters. The number of rotatable bonds is 18. The van der Waals surface area contributed by atoms with Gasteiger partial charge < -0.3 is 19.3 Å². The summed E-state index contributed by atoms with van der Waals surface area (Å²) in [7, 11) is -7.04. The highest BCUT2D eigenvalue weighted by Gasteiger charge is 2.34. The van der Waals surface area contributed by atoms with E-state index in [1.165, 1.54) is 44.9 Å². The quantitative estimate of drug-likeness (QED) is 0.0947. The molecule has 1 heterocycles. The molecule has 0 aliphatic carbocycles. The number of carbonyl (C=O) groups excluding carboxylic acids is 1. The van der Waals surface area contributed by atoms with Crippen LogP contribution in [0.3, 0.4) is 0 Å². The van der Waals surface area contributed by atoms with Crippen molar-refractivity contribution in [3.63, 3.8) is 0 Å². The molecule has 2 rings (SSSR count). The molecule has 9 heteroatoms. The largest absolute Gasteiger partial charge is 0.487 e. The van der Waals surface area contributed by atoms with Gasteiger partial charge in [0.1, 0.15) is 22.5 Å². The lowest BCUT2D eigenvalue weighted by Crippen LogP contribution is -2.36. The third kappa shape index (κ3) is 12.1. The Morgan fingerprint density at radius 1 is 1.05 bits per heavy atom. The zero-order valence-corrected chi connectivity index (χ0v) is 29.4. The van der Waals surface area contributed by atoms with Crippen LogP contribution in [0.25, 0.3) is 0 Å². The van der Waals surface area contributed by atoms with E-state index in [1.807, 2.05) is 19.9 Å². The zero-order chi connectivity index (χ0) is 31.7. The summed E-state index contributed by atoms with van der Waals surface area (Å²) in [4.78, 5) is 31.8. The number of aryl methyl sites for hydroxylation is 1. The molecule has 7 nitrogen and oxygen atoms in total. The van der Waals surface area contributed by atoms with Crippen molar-refractivity contribution in [2.24, 2.45) is 17.8 Å². The van der Waals surface area contributed by atoms with Crippen LogP contribution in [0, 0.1) is 31.6 Å². The van der Waals surface area contributed by atoms with E-state index in [1.54, 1.807) is 0 Å². The Morgan fingerprint density at radius 3 is 2.17 bits per heavy atom. The van der Waals surface area contributed by atoms with Crippen molar-refractivity contribution in [1.29, 1.82) is 0 Å². The van der Waals surface area contributed by atoms with Crippen molar-refractivity contribution >= 4 is 21.4 Å². The van der Waals surface area contributed by atoms with Crippen molar-refractivity contribution < 1.29 is 33.2 Å². The Balaban J connectivity index is 1.86. The molecule has 2 N–H and O–H groups in total. The van der Waals surface area contributed by atoms with E-state index in [-0.39, 0.29) is 18.4 Å². The maximum absolute atomic E-state index is 12.6. The molecule has 1 aromatic carbocycles. The highest BCUT2D eigenvalue weighted by molar-refractivity contribution is 7.68. The van der Waals surface area contributed by atoms with Gasteiger partial charge in [0, 0.05) is 18.6 Å². The van der Waals surface area contributed by atoms with Crippen LogP contribution >= 0.6 is 15.4 Å². The fourth-order valence-corrected chi connectivity index (χ4v) is 8.84. The van der Waals surface area contributed by atoms with Crippen LogP contribution in [0.2, 0.25) is 0 Å². The molecule has 0 aromatic heterocycles. The van der Waals surface area contributed by atoms with Gasteiger partial charge in [0.2, 0.25) is 15.4 Å². The fraction of sp³-hybridized carbons (Fsp3) is 0.788. The molecule has 242 valence electrons. The maximum Gasteiger partial charge on any atom is 0.311 e. The van der Waals surface area contributed by atoms with Gasteiger partial charge in [0.25, 0.3) is 0 Å². The van der Waals surface area contributed by atoms with Gasteiger partial charge in [-0.1, -0.05) is 72.6 Å². The van der Waals surface area contributed by atoms with Gasteiger partial charge in [-0.25, -0.2) is 0 Å². The van der Waals surface area contributed by atoms with Crippen LogP contribution in [0.5, 0.6) is 11.5 Å². The number of hydrogen-bond acceptors (Lipinski definition) is 5. The van der Waals surface area contributed by atoms with Crippen LogP contribution < -0.4 is 9.47 Å². The van der Waals surface area contributed by atoms with E-state index in [4.69, 9.17) is 9.47 Å². The third-order valence-electron chi connectivity index (χ3n) is 9.03. The minimum atomic E-state index is -3.79. The number of benzene rings is 1. The average Bonchev–Trinajstić information content (AvgIpc) is 2.85. The van der Waals surface area contributed by atoms with E-state index < -0.39 is 26.8 Å². The van der Waals surface area contributed by atoms with Crippen LogP contribution in [0.15, 0.2) is 6.07 Å². The topological polar surface area (TPSA) is 110 Å². The van der Waals surface area contributed by atoms with Crippen molar-refractivity contribution in [1.82, 2.24) is 0 Å². The molecule has 1 aromatic rings. The molecule has 0 radical (unpaired) electrons. The Bertz CT molecular complexity index is 1100. The second-order valence-corrected chi connectivity index (χ2v) is 18.2. The summed E-state index contributed by atoms with van der Waals surface area (Å²) in [5.41, 5.74) is 2.47. The second-order valence-electron chi connectivity index (χ2n) is 13.8. The number of esters is 1. The molecular weight excluding hydrogens is 570 g/mol. The number of ether oxygens (including phenoxy) is 2. The van der Waals surface area contributed by atoms with Gasteiger partial charge in [-0.2, -0.15) is 0 Å². The summed E-state index contributed by atoms with van der Waals surface area (Å²) < 4.78 is 35.7. The lowest BCUT2D eigenvalue weighted by molar-refractivity contribution is -0.134. The predicted octanol–water partition coefficient (Wildman–Crippen LogP) is 9.21. The fourth-order valence-electron chi connectivity index (χ4n) is 6.20. The summed E-state index contributed by atoms with van der Waals surface area (Å²) in [5, 5.41) is -1.30. The lowest BCUT2D eigenvalue weighted by Gasteiger charge is -2.37. The van der Waals surface area contributed by atoms with Gasteiger partial charge in [0.15, 0.2) is 0 Å². The molecular formula is C33H58O7P2. The van der Waals surface area contributed by atoms with Crippen LogP contribution in [0.1, 0.15) is 128 Å². The second kappa shape index (κ2) is 16.8. The van der Waals surface area contributed by atoms with Gasteiger partial charge in [-0.3, -0.25) is 13.9 Å². The molecule has 42 heavy (non-hydrogen) atoms. The first kappa shape index (κ1) is 37.1. The SMILES string of the molecule is Cc1cc2c(c(C)c1OC(=O)CCC([PH](=O)O)P(C)(=O)O)CCC(C)(CCCC(C)CCCC(C)CCCC(C)C)O2. The van der Waals surface area contributed by atoms with E-state index in [0.29, 0.717) is 5.75 Å². The molecule has 0 bridgehead atoms. The third-order valence-corrected chi connectivity index (χ3v) is 13.4. The van der Waals surface area contributed by atoms with Crippen molar-refractivity contribution in [3.8, 4) is 11.5 Å².